The van der Waals surface area contributed by atoms with Gasteiger partial charge < -0.3 is 14.0 Å². The van der Waals surface area contributed by atoms with Crippen LogP contribution in [0.1, 0.15) is 46.4 Å². The Kier molecular flexibility index (Phi) is 8.26. The maximum atomic E-state index is 12.2. The van der Waals surface area contributed by atoms with E-state index in [-0.39, 0.29) is 11.0 Å². The first-order valence-corrected chi connectivity index (χ1v) is 11.9. The second-order valence-electron chi connectivity index (χ2n) is 9.60. The van der Waals surface area contributed by atoms with Crippen LogP contribution < -0.4 is 10.3 Å². The molecule has 2 unspecified atom stereocenters. The fraction of sp³-hybridized carbons (Fsp3) is 0.464. The number of pyridine rings is 1. The summed E-state index contributed by atoms with van der Waals surface area (Å²) in [6.07, 6.45) is 9.96. The average Bonchev–Trinajstić information content (AvgIpc) is 3.48. The molecule has 0 radical (unpaired) electrons. The van der Waals surface area contributed by atoms with Crippen molar-refractivity contribution >= 4 is 0 Å². The zero-order valence-electron chi connectivity index (χ0n) is 21.4. The van der Waals surface area contributed by atoms with E-state index in [4.69, 9.17) is 9.47 Å². The summed E-state index contributed by atoms with van der Waals surface area (Å²) in [4.78, 5) is 21.2. The van der Waals surface area contributed by atoms with Crippen molar-refractivity contribution in [3.63, 3.8) is 0 Å². The quantitative estimate of drug-likeness (QED) is 0.410. The number of ether oxygens (including phenoxy) is 2. The molecule has 1 fully saturated rings. The molecule has 6 heteroatoms. The van der Waals surface area contributed by atoms with Crippen molar-refractivity contribution in [3.05, 3.63) is 76.2 Å². The Labute approximate surface area is 203 Å². The second kappa shape index (κ2) is 11.0. The molecule has 2 atom stereocenters. The number of aromatic nitrogens is 3. The number of hydrogen-bond acceptors (Lipinski definition) is 5. The van der Waals surface area contributed by atoms with Crippen LogP contribution in [0.5, 0.6) is 5.88 Å². The van der Waals surface area contributed by atoms with Gasteiger partial charge in [0.2, 0.25) is 5.88 Å². The second-order valence-corrected chi connectivity index (χ2v) is 9.60. The Morgan fingerprint density at radius 3 is 2.76 bits per heavy atom. The molecule has 0 N–H and O–H groups in total. The van der Waals surface area contributed by atoms with E-state index in [1.165, 1.54) is 16.7 Å². The summed E-state index contributed by atoms with van der Waals surface area (Å²) in [6, 6.07) is 3.35. The summed E-state index contributed by atoms with van der Waals surface area (Å²) in [5, 5.41) is 0. The van der Waals surface area contributed by atoms with Gasteiger partial charge in [-0.2, -0.15) is 4.98 Å². The minimum atomic E-state index is -0.0727. The van der Waals surface area contributed by atoms with E-state index in [0.29, 0.717) is 37.4 Å². The predicted octanol–water partition coefficient (Wildman–Crippen LogP) is 5.52. The largest absolute Gasteiger partial charge is 0.477 e. The number of nitrogens with zero attached hydrogens (tertiary/aromatic N) is 3. The molecule has 0 spiro atoms. The maximum Gasteiger partial charge on any atom is 0.250 e. The third kappa shape index (κ3) is 6.11. The van der Waals surface area contributed by atoms with Crippen molar-refractivity contribution in [3.8, 4) is 17.0 Å². The van der Waals surface area contributed by atoms with Crippen LogP contribution >= 0.6 is 0 Å². The summed E-state index contributed by atoms with van der Waals surface area (Å²) >= 11 is 0. The van der Waals surface area contributed by atoms with Crippen LogP contribution in [-0.2, 0) is 11.3 Å². The molecule has 182 valence electrons. The van der Waals surface area contributed by atoms with E-state index >= 15 is 0 Å². The molecular weight excluding hydrogens is 426 g/mol. The van der Waals surface area contributed by atoms with Crippen molar-refractivity contribution < 1.29 is 9.47 Å². The first kappa shape index (κ1) is 25.6. The van der Waals surface area contributed by atoms with Gasteiger partial charge in [-0.25, -0.2) is 4.98 Å². The lowest BCUT2D eigenvalue weighted by Crippen LogP contribution is -2.21. The van der Waals surface area contributed by atoms with E-state index in [0.717, 1.165) is 24.0 Å². The topological polar surface area (TPSA) is 66.2 Å². The molecule has 0 saturated heterocycles. The highest BCUT2D eigenvalue weighted by atomic mass is 16.5. The molecule has 3 rings (SSSR count). The van der Waals surface area contributed by atoms with Crippen LogP contribution in [-0.4, -0.2) is 34.9 Å². The molecule has 6 nitrogen and oxygen atoms in total. The van der Waals surface area contributed by atoms with Crippen molar-refractivity contribution in [1.82, 2.24) is 14.5 Å². The van der Waals surface area contributed by atoms with Crippen molar-refractivity contribution in [1.29, 1.82) is 0 Å². The Balaban J connectivity index is 1.83. The maximum absolute atomic E-state index is 12.2. The Morgan fingerprint density at radius 1 is 1.32 bits per heavy atom. The van der Waals surface area contributed by atoms with Gasteiger partial charge in [0.25, 0.3) is 5.56 Å². The lowest BCUT2D eigenvalue weighted by atomic mass is 9.94. The van der Waals surface area contributed by atoms with E-state index < -0.39 is 0 Å². The van der Waals surface area contributed by atoms with Crippen LogP contribution in [0.25, 0.3) is 11.1 Å². The van der Waals surface area contributed by atoms with Gasteiger partial charge in [-0.15, -0.1) is 0 Å². The lowest BCUT2D eigenvalue weighted by molar-refractivity contribution is 0.186. The number of allylic oxidation sites excluding steroid dienone is 5. The van der Waals surface area contributed by atoms with E-state index in [2.05, 4.69) is 56.4 Å². The number of hydrogen-bond donors (Lipinski definition) is 0. The first-order valence-electron chi connectivity index (χ1n) is 11.9. The Hall–Kier alpha value is -2.99. The minimum Gasteiger partial charge on any atom is -0.477 e. The Morgan fingerprint density at radius 2 is 2.09 bits per heavy atom. The van der Waals surface area contributed by atoms with Gasteiger partial charge in [-0.1, -0.05) is 43.7 Å². The van der Waals surface area contributed by atoms with Crippen LogP contribution in [0.15, 0.2) is 64.8 Å². The van der Waals surface area contributed by atoms with Crippen molar-refractivity contribution in [2.24, 2.45) is 11.3 Å². The van der Waals surface area contributed by atoms with Gasteiger partial charge in [0, 0.05) is 43.1 Å². The molecular formula is C28H37N3O3. The summed E-state index contributed by atoms with van der Waals surface area (Å²) in [7, 11) is 1.62. The van der Waals surface area contributed by atoms with E-state index in [9.17, 15) is 4.79 Å². The zero-order chi connectivity index (χ0) is 24.9. The first-order chi connectivity index (χ1) is 16.2. The molecule has 2 heterocycles. The summed E-state index contributed by atoms with van der Waals surface area (Å²) < 4.78 is 13.1. The third-order valence-electron chi connectivity index (χ3n) is 6.40. The van der Waals surface area contributed by atoms with Crippen LogP contribution in [0, 0.1) is 18.3 Å². The number of methoxy groups -OCH3 is 1. The summed E-state index contributed by atoms with van der Waals surface area (Å²) in [6.45, 7) is 16.3. The monoisotopic (exact) mass is 463 g/mol. The minimum absolute atomic E-state index is 0.0206. The molecule has 1 aliphatic carbocycles. The van der Waals surface area contributed by atoms with Gasteiger partial charge in [-0.3, -0.25) is 4.79 Å². The highest BCUT2D eigenvalue weighted by molar-refractivity contribution is 5.66. The van der Waals surface area contributed by atoms with Gasteiger partial charge in [0.05, 0.1) is 18.8 Å². The van der Waals surface area contributed by atoms with E-state index in [1.54, 1.807) is 30.0 Å². The van der Waals surface area contributed by atoms with Crippen molar-refractivity contribution in [2.45, 2.75) is 54.0 Å². The van der Waals surface area contributed by atoms with Crippen molar-refractivity contribution in [2.75, 3.05) is 20.3 Å². The van der Waals surface area contributed by atoms with Gasteiger partial charge in [-0.05, 0) is 51.2 Å². The summed E-state index contributed by atoms with van der Waals surface area (Å²) in [5.74, 6) is 1.60. The van der Waals surface area contributed by atoms with E-state index in [1.807, 2.05) is 13.1 Å². The molecule has 0 aliphatic heterocycles. The van der Waals surface area contributed by atoms with Crippen LogP contribution in [0.3, 0.4) is 0 Å². The highest BCUT2D eigenvalue weighted by Gasteiger charge is 2.52. The average molecular weight is 464 g/mol. The van der Waals surface area contributed by atoms with Crippen LogP contribution in [0.2, 0.25) is 0 Å². The number of aryl methyl sites for hydroxylation is 1. The number of rotatable bonds is 11. The smallest absolute Gasteiger partial charge is 0.250 e. The fourth-order valence-electron chi connectivity index (χ4n) is 4.04. The normalized spacial score (nSPS) is 19.6. The van der Waals surface area contributed by atoms with Gasteiger partial charge >= 0.3 is 0 Å². The fourth-order valence-corrected chi connectivity index (χ4v) is 4.04. The standard InChI is InChI=1S/C28H37N3O3/c1-8-20(4)23(11-9-19(2)3)25-15-28(25,6)18-34-27-24(16-29-21(5)30-27)22-10-12-26(32)31(17-22)13-14-33-7/h9-12,16-17,25H,4,8,13-15,18H2,1-3,5-7H3. The Bertz CT molecular complexity index is 1160. The van der Waals surface area contributed by atoms with Crippen LogP contribution in [0.4, 0.5) is 0 Å². The molecule has 2 aromatic heterocycles. The SMILES string of the molecule is C=C(CC)C(=CC=C(C)C)C1CC1(C)COc1nc(C)ncc1-c1ccc(=O)n(CCOC)c1. The third-order valence-corrected chi connectivity index (χ3v) is 6.40. The molecule has 1 aliphatic rings. The molecule has 0 bridgehead atoms. The molecule has 34 heavy (non-hydrogen) atoms. The summed E-state index contributed by atoms with van der Waals surface area (Å²) in [5.41, 5.74) is 5.33. The molecule has 0 amide bonds. The van der Waals surface area contributed by atoms with Gasteiger partial charge in [0.15, 0.2) is 0 Å². The lowest BCUT2D eigenvalue weighted by Gasteiger charge is -2.17. The molecule has 1 saturated carbocycles. The van der Waals surface area contributed by atoms with Gasteiger partial charge in [0.1, 0.15) is 5.82 Å². The molecule has 2 aromatic rings. The highest BCUT2D eigenvalue weighted by Crippen LogP contribution is 2.58. The zero-order valence-corrected chi connectivity index (χ0v) is 21.4. The predicted molar refractivity (Wildman–Crippen MR) is 137 cm³/mol. The molecule has 0 aromatic carbocycles.